The smallest absolute Gasteiger partial charge is 0.0662 e. The molecule has 20 heavy (non-hydrogen) atoms. The van der Waals surface area contributed by atoms with Crippen molar-refractivity contribution in [1.29, 1.82) is 0 Å². The van der Waals surface area contributed by atoms with Gasteiger partial charge in [0.05, 0.1) is 12.7 Å². The van der Waals surface area contributed by atoms with Crippen LogP contribution in [0.3, 0.4) is 0 Å². The lowest BCUT2D eigenvalue weighted by Gasteiger charge is -2.11. The van der Waals surface area contributed by atoms with Gasteiger partial charge >= 0.3 is 0 Å². The van der Waals surface area contributed by atoms with E-state index in [4.69, 9.17) is 0 Å². The van der Waals surface area contributed by atoms with Gasteiger partial charge in [0.1, 0.15) is 0 Å². The Labute approximate surface area is 121 Å². The summed E-state index contributed by atoms with van der Waals surface area (Å²) in [6.45, 7) is 6.18. The molecule has 0 bridgehead atoms. The maximum absolute atomic E-state index is 4.63. The molecule has 3 nitrogen and oxygen atoms in total. The van der Waals surface area contributed by atoms with Gasteiger partial charge in [0.25, 0.3) is 0 Å². The van der Waals surface area contributed by atoms with Crippen LogP contribution in [0.1, 0.15) is 49.4 Å². The minimum atomic E-state index is 0.513. The summed E-state index contributed by atoms with van der Waals surface area (Å²) in [6.07, 6.45) is 4.68. The molecule has 1 N–H and O–H groups in total. The molecule has 0 aliphatic heterocycles. The van der Waals surface area contributed by atoms with Crippen LogP contribution in [0.4, 0.5) is 0 Å². The van der Waals surface area contributed by atoms with Gasteiger partial charge in [-0.1, -0.05) is 44.2 Å². The topological polar surface area (TPSA) is 29.9 Å². The van der Waals surface area contributed by atoms with Gasteiger partial charge in [-0.25, -0.2) is 0 Å². The third-order valence-corrected chi connectivity index (χ3v) is 3.80. The van der Waals surface area contributed by atoms with Crippen molar-refractivity contribution in [2.24, 2.45) is 0 Å². The standard InChI is InChI=1S/C17H23N3/c1-13(2)18-10-16-11-19-20(17(16)15-8-9-15)12-14-6-4-3-5-7-14/h3-7,11,13,15,18H,8-10,12H2,1-2H3. The fourth-order valence-electron chi connectivity index (χ4n) is 2.60. The summed E-state index contributed by atoms with van der Waals surface area (Å²) in [6, 6.07) is 11.1. The number of hydrogen-bond acceptors (Lipinski definition) is 2. The van der Waals surface area contributed by atoms with Gasteiger partial charge < -0.3 is 5.32 Å². The van der Waals surface area contributed by atoms with Gasteiger partial charge in [-0.15, -0.1) is 0 Å². The Kier molecular flexibility index (Phi) is 3.88. The molecule has 0 atom stereocenters. The fourth-order valence-corrected chi connectivity index (χ4v) is 2.60. The molecule has 0 unspecified atom stereocenters. The van der Waals surface area contributed by atoms with Crippen LogP contribution in [0, 0.1) is 0 Å². The second-order valence-electron chi connectivity index (χ2n) is 6.01. The lowest BCUT2D eigenvalue weighted by molar-refractivity contribution is 0.582. The largest absolute Gasteiger partial charge is 0.310 e. The zero-order valence-corrected chi connectivity index (χ0v) is 12.3. The third kappa shape index (κ3) is 3.10. The highest BCUT2D eigenvalue weighted by molar-refractivity contribution is 5.27. The van der Waals surface area contributed by atoms with E-state index in [0.717, 1.165) is 19.0 Å². The third-order valence-electron chi connectivity index (χ3n) is 3.80. The molecular weight excluding hydrogens is 246 g/mol. The maximum atomic E-state index is 4.63. The molecule has 2 aromatic rings. The lowest BCUT2D eigenvalue weighted by atomic mass is 10.1. The summed E-state index contributed by atoms with van der Waals surface area (Å²) in [7, 11) is 0. The Morgan fingerprint density at radius 3 is 2.65 bits per heavy atom. The predicted octanol–water partition coefficient (Wildman–Crippen LogP) is 3.31. The van der Waals surface area contributed by atoms with Crippen LogP contribution in [-0.4, -0.2) is 15.8 Å². The van der Waals surface area contributed by atoms with Crippen LogP contribution in [0.25, 0.3) is 0 Å². The van der Waals surface area contributed by atoms with Crippen LogP contribution in [0.15, 0.2) is 36.5 Å². The highest BCUT2D eigenvalue weighted by Gasteiger charge is 2.30. The monoisotopic (exact) mass is 269 g/mol. The summed E-state index contributed by atoms with van der Waals surface area (Å²) in [4.78, 5) is 0. The van der Waals surface area contributed by atoms with Crippen LogP contribution >= 0.6 is 0 Å². The maximum Gasteiger partial charge on any atom is 0.0662 e. The molecule has 1 aliphatic rings. The van der Waals surface area contributed by atoms with E-state index < -0.39 is 0 Å². The highest BCUT2D eigenvalue weighted by Crippen LogP contribution is 2.41. The number of benzene rings is 1. The summed E-state index contributed by atoms with van der Waals surface area (Å²) in [5, 5.41) is 8.14. The number of rotatable bonds is 6. The quantitative estimate of drug-likeness (QED) is 0.872. The lowest BCUT2D eigenvalue weighted by Crippen LogP contribution is -2.22. The fraction of sp³-hybridized carbons (Fsp3) is 0.471. The molecule has 0 spiro atoms. The summed E-state index contributed by atoms with van der Waals surface area (Å²) >= 11 is 0. The van der Waals surface area contributed by atoms with Gasteiger partial charge in [-0.05, 0) is 18.4 Å². The van der Waals surface area contributed by atoms with E-state index >= 15 is 0 Å². The molecule has 1 aromatic heterocycles. The predicted molar refractivity (Wildman–Crippen MR) is 81.7 cm³/mol. The van der Waals surface area contributed by atoms with Crippen molar-refractivity contribution < 1.29 is 0 Å². The summed E-state index contributed by atoms with van der Waals surface area (Å²) < 4.78 is 2.20. The second-order valence-corrected chi connectivity index (χ2v) is 6.01. The average Bonchev–Trinajstić information content (AvgIpc) is 3.20. The van der Waals surface area contributed by atoms with Gasteiger partial charge in [-0.3, -0.25) is 4.68 Å². The molecule has 1 heterocycles. The van der Waals surface area contributed by atoms with E-state index in [2.05, 4.69) is 59.3 Å². The number of hydrogen-bond donors (Lipinski definition) is 1. The normalized spacial score (nSPS) is 14.9. The minimum Gasteiger partial charge on any atom is -0.310 e. The van der Waals surface area contributed by atoms with Crippen molar-refractivity contribution in [3.63, 3.8) is 0 Å². The van der Waals surface area contributed by atoms with Crippen LogP contribution in [-0.2, 0) is 13.1 Å². The highest BCUT2D eigenvalue weighted by atomic mass is 15.3. The van der Waals surface area contributed by atoms with E-state index in [-0.39, 0.29) is 0 Å². The van der Waals surface area contributed by atoms with Crippen molar-refractivity contribution in [2.75, 3.05) is 0 Å². The molecular formula is C17H23N3. The Morgan fingerprint density at radius 2 is 2.00 bits per heavy atom. The molecule has 3 heteroatoms. The van der Waals surface area contributed by atoms with Crippen molar-refractivity contribution in [2.45, 2.75) is 51.7 Å². The summed E-state index contributed by atoms with van der Waals surface area (Å²) in [5.74, 6) is 0.727. The zero-order valence-electron chi connectivity index (χ0n) is 12.3. The Hall–Kier alpha value is -1.61. The Morgan fingerprint density at radius 1 is 1.25 bits per heavy atom. The second kappa shape index (κ2) is 5.80. The Bertz CT molecular complexity index is 553. The first kappa shape index (κ1) is 13.4. The molecule has 1 aromatic carbocycles. The van der Waals surface area contributed by atoms with Gasteiger partial charge in [0, 0.05) is 29.8 Å². The van der Waals surface area contributed by atoms with Crippen molar-refractivity contribution >= 4 is 0 Å². The number of nitrogens with one attached hydrogen (secondary N) is 1. The van der Waals surface area contributed by atoms with Gasteiger partial charge in [0.15, 0.2) is 0 Å². The first-order chi connectivity index (χ1) is 9.74. The van der Waals surface area contributed by atoms with Crippen LogP contribution in [0.2, 0.25) is 0 Å². The van der Waals surface area contributed by atoms with Gasteiger partial charge in [0.2, 0.25) is 0 Å². The SMILES string of the molecule is CC(C)NCc1cnn(Cc2ccccc2)c1C1CC1. The zero-order chi connectivity index (χ0) is 13.9. The molecule has 1 saturated carbocycles. The van der Waals surface area contributed by atoms with E-state index in [1.54, 1.807) is 0 Å². The van der Waals surface area contributed by atoms with Crippen molar-refractivity contribution in [3.8, 4) is 0 Å². The molecule has 106 valence electrons. The van der Waals surface area contributed by atoms with E-state index in [9.17, 15) is 0 Å². The van der Waals surface area contributed by atoms with Gasteiger partial charge in [-0.2, -0.15) is 5.10 Å². The molecule has 0 amide bonds. The van der Waals surface area contributed by atoms with Crippen molar-refractivity contribution in [1.82, 2.24) is 15.1 Å². The molecule has 1 fully saturated rings. The van der Waals surface area contributed by atoms with Crippen LogP contribution < -0.4 is 5.32 Å². The van der Waals surface area contributed by atoms with E-state index in [1.807, 2.05) is 6.20 Å². The molecule has 3 rings (SSSR count). The number of aromatic nitrogens is 2. The minimum absolute atomic E-state index is 0.513. The summed E-state index contributed by atoms with van der Waals surface area (Å²) in [5.41, 5.74) is 4.14. The first-order valence-corrected chi connectivity index (χ1v) is 7.56. The number of nitrogens with zero attached hydrogens (tertiary/aromatic N) is 2. The molecule has 0 radical (unpaired) electrons. The molecule has 1 aliphatic carbocycles. The van der Waals surface area contributed by atoms with Crippen LogP contribution in [0.5, 0.6) is 0 Å². The molecule has 0 saturated heterocycles. The van der Waals surface area contributed by atoms with E-state index in [0.29, 0.717) is 6.04 Å². The van der Waals surface area contributed by atoms with Crippen molar-refractivity contribution in [3.05, 3.63) is 53.3 Å². The average molecular weight is 269 g/mol. The Balaban J connectivity index is 1.80. The first-order valence-electron chi connectivity index (χ1n) is 7.56. The van der Waals surface area contributed by atoms with E-state index in [1.165, 1.54) is 29.7 Å².